The van der Waals surface area contributed by atoms with Crippen molar-refractivity contribution in [1.82, 2.24) is 4.98 Å². The van der Waals surface area contributed by atoms with Crippen molar-refractivity contribution in [3.8, 4) is 22.9 Å². The number of para-hydroxylation sites is 1. The van der Waals surface area contributed by atoms with Crippen molar-refractivity contribution in [3.63, 3.8) is 0 Å². The van der Waals surface area contributed by atoms with Crippen molar-refractivity contribution in [1.29, 1.82) is 5.26 Å². The molecule has 2 aromatic carbocycles. The fraction of sp³-hybridized carbons (Fsp3) is 0.0952. The van der Waals surface area contributed by atoms with Gasteiger partial charge in [0.15, 0.2) is 0 Å². The quantitative estimate of drug-likeness (QED) is 0.786. The molecule has 0 saturated carbocycles. The minimum absolute atomic E-state index is 0.299. The first-order chi connectivity index (χ1) is 12.7. The summed E-state index contributed by atoms with van der Waals surface area (Å²) in [5.41, 5.74) is 4.37. The molecule has 0 radical (unpaired) electrons. The standard InChI is InChI=1S/C21H15N3O2/c22-11-16-3-1-2-4-19(16)24-21(25)18-10-17(12-23-13-18)14-5-6-20-15(9-14)7-8-26-20/h1-6,9-10,12-13H,7-8H2,(H,24,25). The number of benzene rings is 2. The van der Waals surface area contributed by atoms with Crippen LogP contribution < -0.4 is 10.1 Å². The number of anilines is 1. The molecule has 0 aliphatic carbocycles. The van der Waals surface area contributed by atoms with Crippen molar-refractivity contribution in [2.75, 3.05) is 11.9 Å². The first-order valence-corrected chi connectivity index (χ1v) is 8.26. The third kappa shape index (κ3) is 3.01. The summed E-state index contributed by atoms with van der Waals surface area (Å²) in [5.74, 6) is 0.621. The van der Waals surface area contributed by atoms with Gasteiger partial charge in [0.1, 0.15) is 11.8 Å². The van der Waals surface area contributed by atoms with E-state index in [-0.39, 0.29) is 5.91 Å². The first kappa shape index (κ1) is 15.9. The number of hydrogen-bond acceptors (Lipinski definition) is 4. The minimum atomic E-state index is -0.299. The monoisotopic (exact) mass is 341 g/mol. The molecule has 26 heavy (non-hydrogen) atoms. The Labute approximate surface area is 150 Å². The molecule has 0 spiro atoms. The van der Waals surface area contributed by atoms with Crippen molar-refractivity contribution >= 4 is 11.6 Å². The molecule has 1 aliphatic rings. The second-order valence-corrected chi connectivity index (χ2v) is 5.99. The summed E-state index contributed by atoms with van der Waals surface area (Å²) in [6.45, 7) is 0.706. The van der Waals surface area contributed by atoms with E-state index in [0.717, 1.165) is 23.3 Å². The molecular formula is C21H15N3O2. The lowest BCUT2D eigenvalue weighted by atomic mass is 10.0. The van der Waals surface area contributed by atoms with Gasteiger partial charge < -0.3 is 10.1 Å². The smallest absolute Gasteiger partial charge is 0.257 e. The van der Waals surface area contributed by atoms with Gasteiger partial charge in [-0.05, 0) is 41.5 Å². The van der Waals surface area contributed by atoms with Gasteiger partial charge in [0, 0.05) is 24.4 Å². The lowest BCUT2D eigenvalue weighted by molar-refractivity contribution is 0.102. The summed E-state index contributed by atoms with van der Waals surface area (Å²) in [5, 5.41) is 11.9. The zero-order valence-corrected chi connectivity index (χ0v) is 13.9. The summed E-state index contributed by atoms with van der Waals surface area (Å²) in [4.78, 5) is 16.8. The van der Waals surface area contributed by atoms with E-state index in [1.54, 1.807) is 36.5 Å². The van der Waals surface area contributed by atoms with Crippen LogP contribution in [0.25, 0.3) is 11.1 Å². The molecule has 3 aromatic rings. The molecule has 1 aliphatic heterocycles. The molecule has 4 rings (SSSR count). The highest BCUT2D eigenvalue weighted by Gasteiger charge is 2.14. The van der Waals surface area contributed by atoms with Crippen LogP contribution in [0.15, 0.2) is 60.9 Å². The van der Waals surface area contributed by atoms with Crippen molar-refractivity contribution in [2.45, 2.75) is 6.42 Å². The van der Waals surface area contributed by atoms with Crippen LogP contribution in [0.4, 0.5) is 5.69 Å². The lowest BCUT2D eigenvalue weighted by Crippen LogP contribution is -2.13. The van der Waals surface area contributed by atoms with Crippen molar-refractivity contribution < 1.29 is 9.53 Å². The predicted molar refractivity (Wildman–Crippen MR) is 98.0 cm³/mol. The van der Waals surface area contributed by atoms with Gasteiger partial charge in [-0.15, -0.1) is 0 Å². The highest BCUT2D eigenvalue weighted by Crippen LogP contribution is 2.30. The molecule has 0 bridgehead atoms. The van der Waals surface area contributed by atoms with Gasteiger partial charge in [-0.2, -0.15) is 5.26 Å². The van der Waals surface area contributed by atoms with Crippen molar-refractivity contribution in [2.24, 2.45) is 0 Å². The molecular weight excluding hydrogens is 326 g/mol. The molecule has 2 heterocycles. The van der Waals surface area contributed by atoms with Crippen LogP contribution in [0.3, 0.4) is 0 Å². The van der Waals surface area contributed by atoms with Crippen LogP contribution >= 0.6 is 0 Å². The maximum Gasteiger partial charge on any atom is 0.257 e. The maximum atomic E-state index is 12.6. The first-order valence-electron chi connectivity index (χ1n) is 8.26. The zero-order chi connectivity index (χ0) is 17.9. The van der Waals surface area contributed by atoms with E-state index < -0.39 is 0 Å². The van der Waals surface area contributed by atoms with E-state index in [4.69, 9.17) is 10.00 Å². The molecule has 0 saturated heterocycles. The third-order valence-corrected chi connectivity index (χ3v) is 4.32. The molecule has 0 atom stereocenters. The van der Waals surface area contributed by atoms with E-state index in [1.807, 2.05) is 12.1 Å². The van der Waals surface area contributed by atoms with E-state index in [2.05, 4.69) is 22.4 Å². The van der Waals surface area contributed by atoms with Crippen LogP contribution in [0.5, 0.6) is 5.75 Å². The number of carbonyl (C=O) groups excluding carboxylic acids is 1. The van der Waals surface area contributed by atoms with Crippen LogP contribution in [0.1, 0.15) is 21.5 Å². The number of hydrogen-bond donors (Lipinski definition) is 1. The zero-order valence-electron chi connectivity index (χ0n) is 13.9. The van der Waals surface area contributed by atoms with Gasteiger partial charge >= 0.3 is 0 Å². The molecule has 0 unspecified atom stereocenters. The van der Waals surface area contributed by atoms with Crippen LogP contribution in [-0.2, 0) is 6.42 Å². The summed E-state index contributed by atoms with van der Waals surface area (Å²) in [7, 11) is 0. The Kier molecular flexibility index (Phi) is 4.08. The van der Waals surface area contributed by atoms with Gasteiger partial charge in [0.2, 0.25) is 0 Å². The van der Waals surface area contributed by atoms with E-state index >= 15 is 0 Å². The topological polar surface area (TPSA) is 75.0 Å². The molecule has 1 aromatic heterocycles. The van der Waals surface area contributed by atoms with E-state index in [1.165, 1.54) is 11.8 Å². The van der Waals surface area contributed by atoms with E-state index in [9.17, 15) is 4.79 Å². The van der Waals surface area contributed by atoms with Crippen molar-refractivity contribution in [3.05, 3.63) is 77.6 Å². The number of ether oxygens (including phenoxy) is 1. The average molecular weight is 341 g/mol. The second-order valence-electron chi connectivity index (χ2n) is 5.99. The average Bonchev–Trinajstić information content (AvgIpc) is 3.16. The van der Waals surface area contributed by atoms with Gasteiger partial charge in [-0.3, -0.25) is 9.78 Å². The molecule has 126 valence electrons. The number of nitrogens with one attached hydrogen (secondary N) is 1. The molecule has 5 nitrogen and oxygen atoms in total. The Morgan fingerprint density at radius 3 is 2.88 bits per heavy atom. The Bertz CT molecular complexity index is 1040. The maximum absolute atomic E-state index is 12.6. The van der Waals surface area contributed by atoms with Crippen LogP contribution in [0, 0.1) is 11.3 Å². The largest absolute Gasteiger partial charge is 0.493 e. The number of pyridine rings is 1. The number of amides is 1. The summed E-state index contributed by atoms with van der Waals surface area (Å²) in [6, 6.07) is 16.8. The number of nitriles is 1. The number of carbonyl (C=O) groups is 1. The van der Waals surface area contributed by atoms with E-state index in [0.29, 0.717) is 23.4 Å². The lowest BCUT2D eigenvalue weighted by Gasteiger charge is -2.09. The summed E-state index contributed by atoms with van der Waals surface area (Å²) >= 11 is 0. The Morgan fingerprint density at radius 2 is 2.00 bits per heavy atom. The number of rotatable bonds is 3. The number of fused-ring (bicyclic) bond motifs is 1. The van der Waals surface area contributed by atoms with Gasteiger partial charge in [0.25, 0.3) is 5.91 Å². The summed E-state index contributed by atoms with van der Waals surface area (Å²) < 4.78 is 5.53. The molecule has 5 heteroatoms. The number of aromatic nitrogens is 1. The van der Waals surface area contributed by atoms with Crippen LogP contribution in [0.2, 0.25) is 0 Å². The molecule has 1 N–H and O–H groups in total. The third-order valence-electron chi connectivity index (χ3n) is 4.32. The Balaban J connectivity index is 1.61. The van der Waals surface area contributed by atoms with Gasteiger partial charge in [-0.25, -0.2) is 0 Å². The van der Waals surface area contributed by atoms with Gasteiger partial charge in [-0.1, -0.05) is 18.2 Å². The normalized spacial score (nSPS) is 12.0. The second kappa shape index (κ2) is 6.69. The fourth-order valence-electron chi connectivity index (χ4n) is 2.97. The minimum Gasteiger partial charge on any atom is -0.493 e. The highest BCUT2D eigenvalue weighted by molar-refractivity contribution is 6.05. The molecule has 1 amide bonds. The predicted octanol–water partition coefficient (Wildman–Crippen LogP) is 3.81. The fourth-order valence-corrected chi connectivity index (χ4v) is 2.97. The summed E-state index contributed by atoms with van der Waals surface area (Å²) in [6.07, 6.45) is 4.14. The Morgan fingerprint density at radius 1 is 1.12 bits per heavy atom. The highest BCUT2D eigenvalue weighted by atomic mass is 16.5. The Hall–Kier alpha value is -3.65. The molecule has 0 fully saturated rings. The SMILES string of the molecule is N#Cc1ccccc1NC(=O)c1cncc(-c2ccc3c(c2)CCO3)c1. The van der Waals surface area contributed by atoms with Gasteiger partial charge in [0.05, 0.1) is 23.4 Å². The number of nitrogens with zero attached hydrogens (tertiary/aromatic N) is 2. The van der Waals surface area contributed by atoms with Crippen LogP contribution in [-0.4, -0.2) is 17.5 Å².